The largest absolute Gasteiger partial charge is 0.445 e. The van der Waals surface area contributed by atoms with Crippen LogP contribution in [-0.4, -0.2) is 23.3 Å². The number of carbonyl (C=O) groups excluding carboxylic acids is 1. The zero-order valence-corrected chi connectivity index (χ0v) is 12.8. The number of ether oxygens (including phenoxy) is 1. The summed E-state index contributed by atoms with van der Waals surface area (Å²) in [4.78, 5) is 11.7. The Morgan fingerprint density at radius 2 is 1.90 bits per heavy atom. The monoisotopic (exact) mass is 291 g/mol. The first-order chi connectivity index (χ1) is 9.97. The standard InChI is InChI=1S/C17H25NO3/c1-13-8-14(2)10-17(20,9-13)12-18-16(19)21-11-15-6-4-3-5-7-15/h3-7,13-14,20H,8-12H2,1-2H3,(H,18,19). The number of nitrogens with one attached hydrogen (secondary N) is 1. The van der Waals surface area contributed by atoms with E-state index in [2.05, 4.69) is 19.2 Å². The first-order valence-electron chi connectivity index (χ1n) is 7.64. The Kier molecular flexibility index (Phi) is 5.23. The molecule has 4 heteroatoms. The lowest BCUT2D eigenvalue weighted by atomic mass is 9.74. The molecule has 1 aliphatic carbocycles. The van der Waals surface area contributed by atoms with Gasteiger partial charge in [-0.05, 0) is 36.7 Å². The van der Waals surface area contributed by atoms with Crippen LogP contribution in [0.5, 0.6) is 0 Å². The van der Waals surface area contributed by atoms with Crippen molar-refractivity contribution in [2.45, 2.75) is 45.3 Å². The Hall–Kier alpha value is -1.55. The van der Waals surface area contributed by atoms with Gasteiger partial charge in [-0.2, -0.15) is 0 Å². The summed E-state index contributed by atoms with van der Waals surface area (Å²) < 4.78 is 5.16. The van der Waals surface area contributed by atoms with Gasteiger partial charge in [-0.3, -0.25) is 0 Å². The quantitative estimate of drug-likeness (QED) is 0.896. The third kappa shape index (κ3) is 5.05. The minimum atomic E-state index is -0.803. The lowest BCUT2D eigenvalue weighted by molar-refractivity contribution is -0.0295. The molecule has 2 rings (SSSR count). The Morgan fingerprint density at radius 1 is 1.29 bits per heavy atom. The van der Waals surface area contributed by atoms with Gasteiger partial charge in [-0.15, -0.1) is 0 Å². The van der Waals surface area contributed by atoms with Gasteiger partial charge in [0.1, 0.15) is 6.61 Å². The van der Waals surface area contributed by atoms with Gasteiger partial charge < -0.3 is 15.2 Å². The maximum absolute atomic E-state index is 11.7. The van der Waals surface area contributed by atoms with Crippen molar-refractivity contribution in [2.24, 2.45) is 11.8 Å². The average molecular weight is 291 g/mol. The Balaban J connectivity index is 1.75. The smallest absolute Gasteiger partial charge is 0.407 e. The number of rotatable bonds is 4. The van der Waals surface area contributed by atoms with E-state index in [1.54, 1.807) is 0 Å². The van der Waals surface area contributed by atoms with Gasteiger partial charge >= 0.3 is 6.09 Å². The third-order valence-electron chi connectivity index (χ3n) is 4.04. The minimum Gasteiger partial charge on any atom is -0.445 e. The maximum atomic E-state index is 11.7. The molecule has 1 aromatic rings. The van der Waals surface area contributed by atoms with Crippen LogP contribution in [0.25, 0.3) is 0 Å². The van der Waals surface area contributed by atoms with Gasteiger partial charge in [0.2, 0.25) is 0 Å². The molecule has 0 bridgehead atoms. The van der Waals surface area contributed by atoms with Crippen LogP contribution in [0.15, 0.2) is 30.3 Å². The van der Waals surface area contributed by atoms with Crippen LogP contribution in [-0.2, 0) is 11.3 Å². The average Bonchev–Trinajstić information content (AvgIpc) is 2.43. The molecular weight excluding hydrogens is 266 g/mol. The van der Waals surface area contributed by atoms with Gasteiger partial charge in [0.15, 0.2) is 0 Å². The molecule has 1 amide bonds. The van der Waals surface area contributed by atoms with Crippen molar-refractivity contribution in [3.8, 4) is 0 Å². The third-order valence-corrected chi connectivity index (χ3v) is 4.04. The van der Waals surface area contributed by atoms with E-state index in [1.165, 1.54) is 0 Å². The second kappa shape index (κ2) is 6.94. The molecule has 2 unspecified atom stereocenters. The summed E-state index contributed by atoms with van der Waals surface area (Å²) in [6, 6.07) is 9.55. The summed E-state index contributed by atoms with van der Waals surface area (Å²) in [6.07, 6.45) is 2.13. The summed E-state index contributed by atoms with van der Waals surface area (Å²) in [5.74, 6) is 0.974. The van der Waals surface area contributed by atoms with Crippen molar-refractivity contribution < 1.29 is 14.6 Å². The fourth-order valence-corrected chi connectivity index (χ4v) is 3.39. The zero-order valence-electron chi connectivity index (χ0n) is 12.8. The molecule has 0 aliphatic heterocycles. The Labute approximate surface area is 126 Å². The van der Waals surface area contributed by atoms with Gasteiger partial charge in [0.05, 0.1) is 5.60 Å². The van der Waals surface area contributed by atoms with Crippen LogP contribution in [0.1, 0.15) is 38.7 Å². The predicted molar refractivity (Wildman–Crippen MR) is 81.8 cm³/mol. The Bertz CT molecular complexity index is 450. The highest BCUT2D eigenvalue weighted by atomic mass is 16.5. The molecule has 1 aromatic carbocycles. The van der Waals surface area contributed by atoms with Gasteiger partial charge in [-0.25, -0.2) is 4.79 Å². The molecule has 0 heterocycles. The highest BCUT2D eigenvalue weighted by Gasteiger charge is 2.36. The van der Waals surface area contributed by atoms with Crippen LogP contribution in [0.4, 0.5) is 4.79 Å². The van der Waals surface area contributed by atoms with Gasteiger partial charge in [0, 0.05) is 6.54 Å². The van der Waals surface area contributed by atoms with Crippen LogP contribution in [0.2, 0.25) is 0 Å². The number of benzene rings is 1. The second-order valence-electron chi connectivity index (χ2n) is 6.49. The van der Waals surface area contributed by atoms with E-state index in [0.29, 0.717) is 11.8 Å². The molecule has 21 heavy (non-hydrogen) atoms. The summed E-state index contributed by atoms with van der Waals surface area (Å²) in [7, 11) is 0. The minimum absolute atomic E-state index is 0.248. The summed E-state index contributed by atoms with van der Waals surface area (Å²) >= 11 is 0. The highest BCUT2D eigenvalue weighted by molar-refractivity contribution is 5.67. The van der Waals surface area contributed by atoms with E-state index in [9.17, 15) is 9.90 Å². The topological polar surface area (TPSA) is 58.6 Å². The van der Waals surface area contributed by atoms with Crippen molar-refractivity contribution in [1.29, 1.82) is 0 Å². The molecular formula is C17H25NO3. The van der Waals surface area contributed by atoms with Crippen LogP contribution >= 0.6 is 0 Å². The highest BCUT2D eigenvalue weighted by Crippen LogP contribution is 2.35. The number of hydrogen-bond donors (Lipinski definition) is 2. The summed E-state index contributed by atoms with van der Waals surface area (Å²) in [5, 5.41) is 13.3. The van der Waals surface area contributed by atoms with Crippen molar-refractivity contribution >= 4 is 6.09 Å². The molecule has 116 valence electrons. The summed E-state index contributed by atoms with van der Waals surface area (Å²) in [5.41, 5.74) is 0.148. The molecule has 0 spiro atoms. The van der Waals surface area contributed by atoms with Crippen molar-refractivity contribution in [3.05, 3.63) is 35.9 Å². The fraction of sp³-hybridized carbons (Fsp3) is 0.588. The lowest BCUT2D eigenvalue weighted by Crippen LogP contribution is -2.47. The zero-order chi connectivity index (χ0) is 15.3. The van der Waals surface area contributed by atoms with Gasteiger partial charge in [-0.1, -0.05) is 44.2 Å². The number of carbonyl (C=O) groups is 1. The lowest BCUT2D eigenvalue weighted by Gasteiger charge is -2.38. The normalized spacial score (nSPS) is 28.9. The number of alkyl carbamates (subject to hydrolysis) is 1. The van der Waals surface area contributed by atoms with E-state index < -0.39 is 11.7 Å². The summed E-state index contributed by atoms with van der Waals surface area (Å²) in [6.45, 7) is 4.80. The van der Waals surface area contributed by atoms with E-state index >= 15 is 0 Å². The molecule has 2 N–H and O–H groups in total. The van der Waals surface area contributed by atoms with Crippen LogP contribution in [0, 0.1) is 11.8 Å². The molecule has 4 nitrogen and oxygen atoms in total. The number of amides is 1. The number of hydrogen-bond acceptors (Lipinski definition) is 3. The van der Waals surface area contributed by atoms with Crippen LogP contribution < -0.4 is 5.32 Å². The molecule has 0 radical (unpaired) electrons. The molecule has 1 aliphatic rings. The van der Waals surface area contributed by atoms with E-state index in [-0.39, 0.29) is 13.2 Å². The molecule has 1 fully saturated rings. The van der Waals surface area contributed by atoms with Crippen LogP contribution in [0.3, 0.4) is 0 Å². The van der Waals surface area contributed by atoms with Crippen molar-refractivity contribution in [3.63, 3.8) is 0 Å². The molecule has 0 aromatic heterocycles. The second-order valence-corrected chi connectivity index (χ2v) is 6.49. The maximum Gasteiger partial charge on any atom is 0.407 e. The Morgan fingerprint density at radius 3 is 2.52 bits per heavy atom. The predicted octanol–water partition coefficient (Wildman–Crippen LogP) is 3.10. The molecule has 2 atom stereocenters. The van der Waals surface area contributed by atoms with E-state index in [4.69, 9.17) is 4.74 Å². The first kappa shape index (κ1) is 15.8. The molecule has 1 saturated carbocycles. The fourth-order valence-electron chi connectivity index (χ4n) is 3.39. The van der Waals surface area contributed by atoms with E-state index in [1.807, 2.05) is 30.3 Å². The molecule has 0 saturated heterocycles. The first-order valence-corrected chi connectivity index (χ1v) is 7.64. The van der Waals surface area contributed by atoms with E-state index in [0.717, 1.165) is 24.8 Å². The number of aliphatic hydroxyl groups is 1. The SMILES string of the molecule is CC1CC(C)CC(O)(CNC(=O)OCc2ccccc2)C1. The van der Waals surface area contributed by atoms with Gasteiger partial charge in [0.25, 0.3) is 0 Å². The van der Waals surface area contributed by atoms with Crippen molar-refractivity contribution in [2.75, 3.05) is 6.54 Å². The van der Waals surface area contributed by atoms with Crippen molar-refractivity contribution in [1.82, 2.24) is 5.32 Å².